The Morgan fingerprint density at radius 3 is 1.83 bits per heavy atom. The van der Waals surface area contributed by atoms with Crippen LogP contribution in [0.4, 0.5) is 26.3 Å². The van der Waals surface area contributed by atoms with Crippen LogP contribution in [0.5, 0.6) is 0 Å². The minimum atomic E-state index is -4.64. The number of aromatic nitrogens is 5. The minimum Gasteiger partial charge on any atom is -0.328 e. The molecule has 0 unspecified atom stereocenters. The smallest absolute Gasteiger partial charge is 0.328 e. The fraction of sp³-hybridized carbons (Fsp3) is 0.296. The molecule has 3 heterocycles. The number of imidazole rings is 2. The summed E-state index contributed by atoms with van der Waals surface area (Å²) in [6, 6.07) is 12.7. The molecule has 224 valence electrons. The van der Waals surface area contributed by atoms with E-state index in [9.17, 15) is 31.1 Å². The number of benzene rings is 2. The molecule has 0 aliphatic heterocycles. The summed E-state index contributed by atoms with van der Waals surface area (Å²) in [5.41, 5.74) is 5.13. The minimum absolute atomic E-state index is 0.0335. The molecule has 0 saturated heterocycles. The van der Waals surface area contributed by atoms with Crippen LogP contribution in [0.15, 0.2) is 70.6 Å². The number of hydrogen-bond acceptors (Lipinski definition) is 5. The lowest BCUT2D eigenvalue weighted by molar-refractivity contribution is -0.326. The van der Waals surface area contributed by atoms with Crippen LogP contribution in [-0.4, -0.2) is 49.6 Å². The third-order valence-electron chi connectivity index (χ3n) is 6.10. The Hall–Kier alpha value is -3.69. The van der Waals surface area contributed by atoms with Crippen LogP contribution >= 0.6 is 15.9 Å². The van der Waals surface area contributed by atoms with Crippen LogP contribution in [-0.2, 0) is 29.6 Å². The lowest BCUT2D eigenvalue weighted by Gasteiger charge is -2.10. The predicted octanol–water partition coefficient (Wildman–Crippen LogP) is 6.58. The second-order valence-corrected chi connectivity index (χ2v) is 10.0. The van der Waals surface area contributed by atoms with E-state index in [1.54, 1.807) is 53.6 Å². The average molecular weight is 660 g/mol. The van der Waals surface area contributed by atoms with Crippen LogP contribution in [0.1, 0.15) is 5.56 Å². The van der Waals surface area contributed by atoms with Crippen molar-refractivity contribution < 1.29 is 35.8 Å². The van der Waals surface area contributed by atoms with Gasteiger partial charge >= 0.3 is 12.7 Å². The number of halogens is 7. The Kier molecular flexibility index (Phi) is 9.43. The SMILES string of the molecule is Cc1cc(-c2ccc3ncn(CCOC(F)(F)F)c3c2)cn(C)c1=O.FC(F)(F)OCCn1cnc2ccc(Br)cc21. The number of aryl methyl sites for hydroxylation is 2. The second-order valence-electron chi connectivity index (χ2n) is 9.13. The standard InChI is InChI=1S/C17H16F3N3O2.C10H8BrF3N2O/c1-11-7-13(9-22(2)16(11)24)12-3-4-14-15(8-12)23(10-21-14)5-6-25-17(18,19)20;11-7-1-2-8-9(5-7)16(6-15-8)3-4-17-10(12,13)14/h3-4,7-10H,5-6H2,1-2H3;1-2,5-6H,3-4H2. The van der Waals surface area contributed by atoms with Gasteiger partial charge in [-0.3, -0.25) is 14.3 Å². The van der Waals surface area contributed by atoms with Gasteiger partial charge in [0.15, 0.2) is 0 Å². The van der Waals surface area contributed by atoms with E-state index in [0.29, 0.717) is 16.6 Å². The van der Waals surface area contributed by atoms with Gasteiger partial charge in [0.1, 0.15) is 0 Å². The van der Waals surface area contributed by atoms with Gasteiger partial charge in [0.2, 0.25) is 0 Å². The Labute approximate surface area is 243 Å². The zero-order chi connectivity index (χ0) is 30.7. The van der Waals surface area contributed by atoms with E-state index in [2.05, 4.69) is 35.4 Å². The quantitative estimate of drug-likeness (QED) is 0.185. The number of pyridine rings is 1. The number of rotatable bonds is 7. The van der Waals surface area contributed by atoms with E-state index < -0.39 is 25.9 Å². The molecule has 15 heteroatoms. The molecule has 8 nitrogen and oxygen atoms in total. The van der Waals surface area contributed by atoms with Crippen molar-refractivity contribution in [3.8, 4) is 11.1 Å². The average Bonchev–Trinajstić information content (AvgIpc) is 3.49. The van der Waals surface area contributed by atoms with Gasteiger partial charge in [-0.15, -0.1) is 26.3 Å². The Morgan fingerprint density at radius 1 is 0.786 bits per heavy atom. The normalized spacial score (nSPS) is 12.1. The molecule has 0 bridgehead atoms. The van der Waals surface area contributed by atoms with Crippen LogP contribution in [0.25, 0.3) is 33.2 Å². The molecular weight excluding hydrogens is 636 g/mol. The highest BCUT2D eigenvalue weighted by atomic mass is 79.9. The highest BCUT2D eigenvalue weighted by molar-refractivity contribution is 9.10. The number of fused-ring (bicyclic) bond motifs is 2. The molecule has 5 rings (SSSR count). The van der Waals surface area contributed by atoms with E-state index in [-0.39, 0.29) is 18.6 Å². The van der Waals surface area contributed by atoms with E-state index in [1.165, 1.54) is 17.2 Å². The summed E-state index contributed by atoms with van der Waals surface area (Å²) in [5.74, 6) is 0. The maximum absolute atomic E-state index is 12.1. The zero-order valence-electron chi connectivity index (χ0n) is 22.2. The van der Waals surface area contributed by atoms with Crippen LogP contribution in [0.3, 0.4) is 0 Å². The molecule has 0 aliphatic carbocycles. The molecule has 0 N–H and O–H groups in total. The van der Waals surface area contributed by atoms with E-state index >= 15 is 0 Å². The summed E-state index contributed by atoms with van der Waals surface area (Å²) in [4.78, 5) is 20.1. The van der Waals surface area contributed by atoms with Crippen LogP contribution < -0.4 is 5.56 Å². The summed E-state index contributed by atoms with van der Waals surface area (Å²) >= 11 is 3.30. The molecule has 0 spiro atoms. The monoisotopic (exact) mass is 659 g/mol. The maximum Gasteiger partial charge on any atom is 0.522 e. The Balaban J connectivity index is 0.000000208. The molecule has 0 atom stereocenters. The predicted molar refractivity (Wildman–Crippen MR) is 147 cm³/mol. The Morgan fingerprint density at radius 2 is 1.31 bits per heavy atom. The summed E-state index contributed by atoms with van der Waals surface area (Å²) in [7, 11) is 1.68. The number of ether oxygens (including phenoxy) is 2. The molecule has 5 aromatic rings. The lowest BCUT2D eigenvalue weighted by atomic mass is 10.1. The summed E-state index contributed by atoms with van der Waals surface area (Å²) in [5, 5.41) is 0. The van der Waals surface area contributed by atoms with Crippen LogP contribution in [0, 0.1) is 6.92 Å². The first-order valence-corrected chi connectivity index (χ1v) is 13.1. The van der Waals surface area contributed by atoms with Gasteiger partial charge in [-0.05, 0) is 54.4 Å². The van der Waals surface area contributed by atoms with Crippen molar-refractivity contribution >= 4 is 38.0 Å². The molecule has 3 aromatic heterocycles. The molecule has 0 fully saturated rings. The van der Waals surface area contributed by atoms with Gasteiger partial charge in [-0.25, -0.2) is 9.97 Å². The molecule has 0 radical (unpaired) electrons. The highest BCUT2D eigenvalue weighted by Gasteiger charge is 2.29. The van der Waals surface area contributed by atoms with Crippen molar-refractivity contribution in [2.45, 2.75) is 32.7 Å². The van der Waals surface area contributed by atoms with Crippen molar-refractivity contribution in [3.05, 3.63) is 81.7 Å². The fourth-order valence-corrected chi connectivity index (χ4v) is 4.53. The van der Waals surface area contributed by atoms with Gasteiger partial charge in [0.05, 0.1) is 47.9 Å². The molecule has 0 saturated carbocycles. The van der Waals surface area contributed by atoms with Crippen molar-refractivity contribution in [3.63, 3.8) is 0 Å². The first-order chi connectivity index (χ1) is 19.7. The fourth-order valence-electron chi connectivity index (χ4n) is 4.18. The van der Waals surface area contributed by atoms with E-state index in [1.807, 2.05) is 18.2 Å². The summed E-state index contributed by atoms with van der Waals surface area (Å²) < 4.78 is 84.9. The first-order valence-electron chi connectivity index (χ1n) is 12.3. The van der Waals surface area contributed by atoms with Crippen molar-refractivity contribution in [1.82, 2.24) is 23.7 Å². The summed E-state index contributed by atoms with van der Waals surface area (Å²) in [6.45, 7) is 0.959. The highest BCUT2D eigenvalue weighted by Crippen LogP contribution is 2.25. The summed E-state index contributed by atoms with van der Waals surface area (Å²) in [6.07, 6.45) is -4.52. The first kappa shape index (κ1) is 31.3. The molecule has 2 aromatic carbocycles. The third-order valence-corrected chi connectivity index (χ3v) is 6.59. The number of hydrogen-bond donors (Lipinski definition) is 0. The molecule has 42 heavy (non-hydrogen) atoms. The lowest BCUT2D eigenvalue weighted by Crippen LogP contribution is -2.18. The largest absolute Gasteiger partial charge is 0.522 e. The van der Waals surface area contributed by atoms with Crippen molar-refractivity contribution in [2.75, 3.05) is 13.2 Å². The number of alkyl halides is 6. The van der Waals surface area contributed by atoms with Gasteiger partial charge in [-0.1, -0.05) is 22.0 Å². The molecule has 0 aliphatic rings. The Bertz CT molecular complexity index is 1720. The van der Waals surface area contributed by atoms with Gasteiger partial charge < -0.3 is 13.7 Å². The van der Waals surface area contributed by atoms with Crippen LogP contribution in [0.2, 0.25) is 0 Å². The molecular formula is C27H24BrF6N5O3. The van der Waals surface area contributed by atoms with Gasteiger partial charge in [0.25, 0.3) is 5.56 Å². The maximum atomic E-state index is 12.1. The van der Waals surface area contributed by atoms with Crippen molar-refractivity contribution in [2.24, 2.45) is 7.05 Å². The van der Waals surface area contributed by atoms with E-state index in [0.717, 1.165) is 26.6 Å². The topological polar surface area (TPSA) is 76.1 Å². The second kappa shape index (κ2) is 12.7. The van der Waals surface area contributed by atoms with Gasteiger partial charge in [-0.2, -0.15) is 0 Å². The van der Waals surface area contributed by atoms with Gasteiger partial charge in [0, 0.05) is 36.4 Å². The van der Waals surface area contributed by atoms with E-state index in [4.69, 9.17) is 0 Å². The van der Waals surface area contributed by atoms with Crippen molar-refractivity contribution in [1.29, 1.82) is 0 Å². The third kappa shape index (κ3) is 8.20. The molecule has 0 amide bonds. The zero-order valence-corrected chi connectivity index (χ0v) is 23.8. The number of nitrogens with zero attached hydrogens (tertiary/aromatic N) is 5.